The fourth-order valence-electron chi connectivity index (χ4n) is 7.47. The second-order valence-electron chi connectivity index (χ2n) is 14.4. The molecule has 0 radical (unpaired) electrons. The Balaban J connectivity index is 1.39. The molecule has 20 heteroatoms. The lowest BCUT2D eigenvalue weighted by molar-refractivity contribution is -0.142. The van der Waals surface area contributed by atoms with Gasteiger partial charge in [0.25, 0.3) is 5.92 Å². The average molecular weight is 851 g/mol. The van der Waals surface area contributed by atoms with Gasteiger partial charge in [-0.1, -0.05) is 30.5 Å². The van der Waals surface area contributed by atoms with Gasteiger partial charge in [-0.25, -0.2) is 22.2 Å². The number of carbonyl (C=O) groups excluding carboxylic acids is 1. The highest BCUT2D eigenvalue weighted by Gasteiger charge is 2.54. The highest BCUT2D eigenvalue weighted by Crippen LogP contribution is 2.49. The van der Waals surface area contributed by atoms with Gasteiger partial charge in [-0.15, -0.1) is 0 Å². The van der Waals surface area contributed by atoms with Crippen molar-refractivity contribution in [2.24, 2.45) is 18.9 Å². The van der Waals surface area contributed by atoms with Crippen LogP contribution >= 0.6 is 11.6 Å². The minimum Gasteiger partial charge on any atom is -0.346 e. The van der Waals surface area contributed by atoms with E-state index in [2.05, 4.69) is 37.4 Å². The Morgan fingerprint density at radius 3 is 2.47 bits per heavy atom. The maximum atomic E-state index is 15.4. The first-order chi connectivity index (χ1) is 27.2. The van der Waals surface area contributed by atoms with Gasteiger partial charge in [-0.3, -0.25) is 18.9 Å². The maximum absolute atomic E-state index is 15.4. The van der Waals surface area contributed by atoms with Gasteiger partial charge in [-0.2, -0.15) is 32.1 Å². The predicted molar refractivity (Wildman–Crippen MR) is 200 cm³/mol. The van der Waals surface area contributed by atoms with E-state index in [9.17, 15) is 35.2 Å². The number of carbonyl (C=O) groups is 1. The molecular formula is C38H34ClF7N8O3S. The van der Waals surface area contributed by atoms with Crippen LogP contribution in [-0.4, -0.2) is 58.2 Å². The molecule has 0 spiro atoms. The third-order valence-corrected chi connectivity index (χ3v) is 10.9. The molecule has 306 valence electrons. The quantitative estimate of drug-likeness (QED) is 0.114. The molecular weight excluding hydrogens is 817 g/mol. The fourth-order valence-corrected chi connectivity index (χ4v) is 8.20. The van der Waals surface area contributed by atoms with Crippen LogP contribution in [-0.2, 0) is 53.4 Å². The molecule has 7 rings (SSSR count). The van der Waals surface area contributed by atoms with Crippen molar-refractivity contribution in [2.75, 3.05) is 24.1 Å². The summed E-state index contributed by atoms with van der Waals surface area (Å²) in [6.07, 6.45) is -4.35. The first-order valence-electron chi connectivity index (χ1n) is 17.9. The Morgan fingerprint density at radius 2 is 1.81 bits per heavy atom. The highest BCUT2D eigenvalue weighted by molar-refractivity contribution is 7.92. The van der Waals surface area contributed by atoms with Gasteiger partial charge < -0.3 is 10.6 Å². The first kappa shape index (κ1) is 41.0. The topological polar surface area (TPSA) is 136 Å². The molecule has 1 aliphatic heterocycles. The Hall–Kier alpha value is -5.19. The van der Waals surface area contributed by atoms with Gasteiger partial charge in [0.1, 0.15) is 29.6 Å². The lowest BCUT2D eigenvalue weighted by atomic mass is 9.93. The SMILES string of the molecule is C[C@@H]1Cc2c(C(F)(F)F)nn(CC(=O)N[C@@H](Cc3cc(F)cc(F)c3)c3nc(C#CC4CCNC4)ccc3-c3ccc(Cl)c4c(NS(C)(=O)=O)nn(C)c34)c2C1(F)F. The molecule has 0 bridgehead atoms. The third kappa shape index (κ3) is 8.22. The second-order valence-corrected chi connectivity index (χ2v) is 16.6. The van der Waals surface area contributed by atoms with E-state index in [1.807, 2.05) is 0 Å². The second kappa shape index (κ2) is 15.2. The molecule has 1 aliphatic carbocycles. The molecule has 2 aromatic carbocycles. The summed E-state index contributed by atoms with van der Waals surface area (Å²) in [4.78, 5) is 18.7. The number of nitrogens with one attached hydrogen (secondary N) is 3. The van der Waals surface area contributed by atoms with Crippen molar-refractivity contribution < 1.29 is 43.9 Å². The van der Waals surface area contributed by atoms with Gasteiger partial charge in [0, 0.05) is 48.2 Å². The number of nitrogens with zero attached hydrogens (tertiary/aromatic N) is 5. The molecule has 3 aromatic heterocycles. The monoisotopic (exact) mass is 850 g/mol. The van der Waals surface area contributed by atoms with Crippen LogP contribution in [0, 0.1) is 35.3 Å². The molecule has 1 amide bonds. The van der Waals surface area contributed by atoms with Crippen molar-refractivity contribution in [1.29, 1.82) is 0 Å². The van der Waals surface area contributed by atoms with Crippen LogP contribution < -0.4 is 15.4 Å². The van der Waals surface area contributed by atoms with E-state index in [0.717, 1.165) is 38.3 Å². The van der Waals surface area contributed by atoms with E-state index in [0.29, 0.717) is 28.4 Å². The smallest absolute Gasteiger partial charge is 0.346 e. The number of anilines is 1. The van der Waals surface area contributed by atoms with Crippen LogP contribution in [0.1, 0.15) is 53.3 Å². The van der Waals surface area contributed by atoms with E-state index >= 15 is 8.78 Å². The molecule has 5 aromatic rings. The Kier molecular flexibility index (Phi) is 10.7. The molecule has 1 saturated heterocycles. The van der Waals surface area contributed by atoms with Crippen LogP contribution in [0.3, 0.4) is 0 Å². The summed E-state index contributed by atoms with van der Waals surface area (Å²) in [6, 6.07) is 7.60. The molecule has 58 heavy (non-hydrogen) atoms. The van der Waals surface area contributed by atoms with Crippen molar-refractivity contribution in [1.82, 2.24) is 35.2 Å². The number of rotatable bonds is 9. The van der Waals surface area contributed by atoms with Gasteiger partial charge >= 0.3 is 6.18 Å². The van der Waals surface area contributed by atoms with Gasteiger partial charge in [0.2, 0.25) is 15.9 Å². The number of benzene rings is 2. The molecule has 11 nitrogen and oxygen atoms in total. The van der Waals surface area contributed by atoms with E-state index in [1.54, 1.807) is 18.2 Å². The largest absolute Gasteiger partial charge is 0.435 e. The molecule has 1 fully saturated rings. The van der Waals surface area contributed by atoms with Crippen LogP contribution in [0.25, 0.3) is 22.0 Å². The Bertz CT molecular complexity index is 2610. The molecule has 4 heterocycles. The zero-order valence-corrected chi connectivity index (χ0v) is 32.5. The number of halogens is 8. The van der Waals surface area contributed by atoms with E-state index in [1.165, 1.54) is 17.8 Å². The summed E-state index contributed by atoms with van der Waals surface area (Å²) in [6.45, 7) is 1.42. The average Bonchev–Trinajstić information content (AvgIpc) is 3.88. The summed E-state index contributed by atoms with van der Waals surface area (Å²) in [7, 11) is -2.30. The summed E-state index contributed by atoms with van der Waals surface area (Å²) >= 11 is 6.59. The predicted octanol–water partition coefficient (Wildman–Crippen LogP) is 6.50. The van der Waals surface area contributed by atoms with Crippen molar-refractivity contribution in [3.05, 3.63) is 93.0 Å². The Morgan fingerprint density at radius 1 is 1.10 bits per heavy atom. The molecule has 0 saturated carbocycles. The van der Waals surface area contributed by atoms with Crippen molar-refractivity contribution in [2.45, 2.75) is 50.9 Å². The lowest BCUT2D eigenvalue weighted by Gasteiger charge is -2.23. The normalized spacial score (nSPS) is 18.2. The zero-order chi connectivity index (χ0) is 41.9. The first-order valence-corrected chi connectivity index (χ1v) is 20.1. The van der Waals surface area contributed by atoms with Gasteiger partial charge in [0.15, 0.2) is 11.5 Å². The van der Waals surface area contributed by atoms with Gasteiger partial charge in [0.05, 0.1) is 33.9 Å². The number of sulfonamides is 1. The molecule has 3 N–H and O–H groups in total. The molecule has 2 aliphatic rings. The van der Waals surface area contributed by atoms with Gasteiger partial charge in [-0.05, 0) is 67.6 Å². The van der Waals surface area contributed by atoms with E-state index in [4.69, 9.17) is 16.6 Å². The number of aryl methyl sites for hydroxylation is 1. The van der Waals surface area contributed by atoms with Crippen molar-refractivity contribution in [3.63, 3.8) is 0 Å². The summed E-state index contributed by atoms with van der Waals surface area (Å²) in [5.41, 5.74) is -2.00. The number of aromatic nitrogens is 5. The summed E-state index contributed by atoms with van der Waals surface area (Å²) in [5.74, 6) is -2.11. The minimum absolute atomic E-state index is 0.0000266. The van der Waals surface area contributed by atoms with Crippen molar-refractivity contribution in [3.8, 4) is 23.0 Å². The number of hydrogen-bond acceptors (Lipinski definition) is 7. The number of hydrogen-bond donors (Lipinski definition) is 3. The molecule has 3 atom stereocenters. The van der Waals surface area contributed by atoms with E-state index in [-0.39, 0.29) is 51.1 Å². The van der Waals surface area contributed by atoms with Crippen LogP contribution in [0.4, 0.5) is 36.6 Å². The maximum Gasteiger partial charge on any atom is 0.435 e. The summed E-state index contributed by atoms with van der Waals surface area (Å²) < 4.78 is 130. The number of amides is 1. The minimum atomic E-state index is -5.09. The van der Waals surface area contributed by atoms with Crippen LogP contribution in [0.5, 0.6) is 0 Å². The number of fused-ring (bicyclic) bond motifs is 2. The van der Waals surface area contributed by atoms with Crippen LogP contribution in [0.15, 0.2) is 42.5 Å². The van der Waals surface area contributed by atoms with Crippen LogP contribution in [0.2, 0.25) is 5.02 Å². The standard InChI is InChI=1S/C38H34ClF7N8O3S/c1-19-12-27-34(38(44,45)46)50-54(35(27)37(19,42)43)18-30(55)49-29(15-21-13-22(40)16-23(41)14-21)32-25(7-6-24(48-32)5-4-20-10-11-47-17-20)26-8-9-28(39)31-33(26)53(2)51-36(31)52-58(3,56)57/h6-9,13-14,16,19-20,29,47H,10-12,15,17-18H2,1-3H3,(H,49,55)(H,51,52)/t19-,20?,29+/m1/s1. The Labute approximate surface area is 332 Å². The van der Waals surface area contributed by atoms with Crippen molar-refractivity contribution >= 4 is 44.3 Å². The number of pyridine rings is 1. The number of alkyl halides is 5. The third-order valence-electron chi connectivity index (χ3n) is 9.98. The van der Waals surface area contributed by atoms with E-state index < -0.39 is 81.5 Å². The lowest BCUT2D eigenvalue weighted by Crippen LogP contribution is -2.35. The molecule has 1 unspecified atom stereocenters. The highest BCUT2D eigenvalue weighted by atomic mass is 35.5. The zero-order valence-electron chi connectivity index (χ0n) is 30.9. The summed E-state index contributed by atoms with van der Waals surface area (Å²) in [5, 5.41) is 13.9. The fraction of sp³-hybridized carbons (Fsp3) is 0.368.